The highest BCUT2D eigenvalue weighted by Crippen LogP contribution is 2.42. The Kier molecular flexibility index (Phi) is 4.21. The number of aliphatic hydroxyl groups is 1. The number of hydrogen-bond donors (Lipinski definition) is 1. The molecule has 2 nitrogen and oxygen atoms in total. The maximum absolute atomic E-state index is 9.00. The lowest BCUT2D eigenvalue weighted by Crippen LogP contribution is -2.80. The number of fused-ring (bicyclic) bond motifs is 1. The molecule has 3 rings (SSSR count). The zero-order valence-corrected chi connectivity index (χ0v) is 14.4. The van der Waals surface area contributed by atoms with Crippen molar-refractivity contribution in [3.8, 4) is 0 Å². The number of benzene rings is 2. The number of aliphatic hydroxyl groups excluding tert-OH is 1. The smallest absolute Gasteiger partial charge is 0.265 e. The zero-order valence-electron chi connectivity index (χ0n) is 13.4. The summed E-state index contributed by atoms with van der Waals surface area (Å²) in [6, 6.07) is 19.4. The Hall–Kier alpha value is -1.42. The van der Waals surface area contributed by atoms with E-state index in [0.717, 1.165) is 19.4 Å². The molecule has 1 aliphatic heterocycles. The van der Waals surface area contributed by atoms with E-state index in [1.807, 2.05) is 0 Å². The van der Waals surface area contributed by atoms with Crippen molar-refractivity contribution in [1.29, 1.82) is 0 Å². The molecule has 116 valence electrons. The Morgan fingerprint density at radius 3 is 2.36 bits per heavy atom. The van der Waals surface area contributed by atoms with E-state index < -0.39 is 8.32 Å². The van der Waals surface area contributed by atoms with Crippen LogP contribution in [-0.4, -0.2) is 26.6 Å². The van der Waals surface area contributed by atoms with Crippen LogP contribution in [0.1, 0.15) is 32.3 Å². The minimum atomic E-state index is -2.20. The lowest BCUT2D eigenvalue weighted by Gasteiger charge is -2.55. The second kappa shape index (κ2) is 5.99. The number of rotatable bonds is 6. The SMILES string of the molecule is CC1(C)c2ccccc2[Si]1(OCCCCO)c1ccccc1. The van der Waals surface area contributed by atoms with E-state index in [1.54, 1.807) is 0 Å². The molecule has 1 aliphatic rings. The van der Waals surface area contributed by atoms with E-state index >= 15 is 0 Å². The van der Waals surface area contributed by atoms with Crippen LogP contribution in [0.15, 0.2) is 54.6 Å². The first-order chi connectivity index (χ1) is 10.6. The first kappa shape index (κ1) is 15.5. The fraction of sp³-hybridized carbons (Fsp3) is 0.368. The number of unbranched alkanes of at least 4 members (excludes halogenated alkanes) is 1. The molecular formula is C19H24O2Si. The molecule has 2 aromatic carbocycles. The molecule has 0 aromatic heterocycles. The van der Waals surface area contributed by atoms with Crippen LogP contribution in [0.3, 0.4) is 0 Å². The fourth-order valence-corrected chi connectivity index (χ4v) is 8.79. The Morgan fingerprint density at radius 2 is 1.64 bits per heavy atom. The van der Waals surface area contributed by atoms with Gasteiger partial charge in [-0.25, -0.2) is 0 Å². The van der Waals surface area contributed by atoms with Gasteiger partial charge in [-0.3, -0.25) is 0 Å². The average molecular weight is 312 g/mol. The van der Waals surface area contributed by atoms with Gasteiger partial charge in [-0.05, 0) is 28.8 Å². The van der Waals surface area contributed by atoms with Gasteiger partial charge >= 0.3 is 0 Å². The van der Waals surface area contributed by atoms with Gasteiger partial charge in [0.15, 0.2) is 0 Å². The molecule has 1 unspecified atom stereocenters. The van der Waals surface area contributed by atoms with E-state index in [9.17, 15) is 0 Å². The molecule has 0 aliphatic carbocycles. The molecule has 1 heterocycles. The lowest BCUT2D eigenvalue weighted by atomic mass is 10.0. The second-order valence-electron chi connectivity index (χ2n) is 6.50. The van der Waals surface area contributed by atoms with Crippen LogP contribution in [0.2, 0.25) is 0 Å². The van der Waals surface area contributed by atoms with Gasteiger partial charge < -0.3 is 9.53 Å². The summed E-state index contributed by atoms with van der Waals surface area (Å²) >= 11 is 0. The van der Waals surface area contributed by atoms with Crippen LogP contribution in [0.25, 0.3) is 0 Å². The first-order valence-electron chi connectivity index (χ1n) is 8.05. The molecule has 1 atom stereocenters. The molecule has 1 N–H and O–H groups in total. The molecule has 22 heavy (non-hydrogen) atoms. The van der Waals surface area contributed by atoms with Crippen LogP contribution < -0.4 is 10.4 Å². The van der Waals surface area contributed by atoms with Crippen molar-refractivity contribution in [2.24, 2.45) is 0 Å². The summed E-state index contributed by atoms with van der Waals surface area (Å²) in [7, 11) is -2.20. The van der Waals surface area contributed by atoms with E-state index in [4.69, 9.17) is 9.53 Å². The summed E-state index contributed by atoms with van der Waals surface area (Å²) < 4.78 is 6.62. The quantitative estimate of drug-likeness (QED) is 0.655. The van der Waals surface area contributed by atoms with Crippen molar-refractivity contribution in [2.75, 3.05) is 13.2 Å². The summed E-state index contributed by atoms with van der Waals surface area (Å²) in [6.45, 7) is 5.60. The largest absolute Gasteiger partial charge is 0.407 e. The van der Waals surface area contributed by atoms with E-state index in [2.05, 4.69) is 68.4 Å². The van der Waals surface area contributed by atoms with Crippen LogP contribution in [0.5, 0.6) is 0 Å². The average Bonchev–Trinajstić information content (AvgIpc) is 2.55. The molecule has 0 saturated carbocycles. The van der Waals surface area contributed by atoms with Gasteiger partial charge in [-0.15, -0.1) is 0 Å². The van der Waals surface area contributed by atoms with E-state index in [-0.39, 0.29) is 11.6 Å². The highest BCUT2D eigenvalue weighted by atomic mass is 28.4. The van der Waals surface area contributed by atoms with Crippen molar-refractivity contribution >= 4 is 18.7 Å². The minimum Gasteiger partial charge on any atom is -0.407 e. The van der Waals surface area contributed by atoms with Crippen LogP contribution in [0.4, 0.5) is 0 Å². The van der Waals surface area contributed by atoms with Crippen molar-refractivity contribution in [2.45, 2.75) is 31.7 Å². The second-order valence-corrected chi connectivity index (χ2v) is 10.5. The summed E-state index contributed by atoms with van der Waals surface area (Å²) in [5.41, 5.74) is 1.42. The Morgan fingerprint density at radius 1 is 0.955 bits per heavy atom. The first-order valence-corrected chi connectivity index (χ1v) is 9.96. The third-order valence-corrected chi connectivity index (χ3v) is 9.92. The van der Waals surface area contributed by atoms with Gasteiger partial charge in [0.2, 0.25) is 0 Å². The molecule has 2 aromatic rings. The standard InChI is InChI=1S/C19H24O2Si/c1-19(2)17-12-6-7-13-18(17)22(19,21-15-9-8-14-20)16-10-4-3-5-11-16/h3-7,10-13,20H,8-9,14-15H2,1-2H3. The predicted octanol–water partition coefficient (Wildman–Crippen LogP) is 2.37. The van der Waals surface area contributed by atoms with Gasteiger partial charge in [0, 0.05) is 18.3 Å². The van der Waals surface area contributed by atoms with E-state index in [1.165, 1.54) is 15.9 Å². The molecule has 3 heteroatoms. The third kappa shape index (κ3) is 2.16. The normalized spacial score (nSPS) is 22.0. The monoisotopic (exact) mass is 312 g/mol. The van der Waals surface area contributed by atoms with Crippen molar-refractivity contribution in [3.05, 3.63) is 60.2 Å². The van der Waals surface area contributed by atoms with Crippen molar-refractivity contribution < 1.29 is 9.53 Å². The van der Waals surface area contributed by atoms with Crippen LogP contribution >= 0.6 is 0 Å². The summed E-state index contributed by atoms with van der Waals surface area (Å²) in [5, 5.41) is 11.8. The third-order valence-electron chi connectivity index (χ3n) is 4.91. The topological polar surface area (TPSA) is 29.5 Å². The Bertz CT molecular complexity index is 639. The van der Waals surface area contributed by atoms with Gasteiger partial charge in [-0.2, -0.15) is 0 Å². The van der Waals surface area contributed by atoms with Gasteiger partial charge in [0.05, 0.1) is 0 Å². The molecule has 0 spiro atoms. The molecule has 0 saturated heterocycles. The van der Waals surface area contributed by atoms with E-state index in [0.29, 0.717) is 0 Å². The molecule has 0 bridgehead atoms. The number of hydrogen-bond acceptors (Lipinski definition) is 2. The molecule has 0 fully saturated rings. The zero-order chi connectivity index (χ0) is 15.6. The Balaban J connectivity index is 2.02. The van der Waals surface area contributed by atoms with Crippen LogP contribution in [-0.2, 0) is 9.46 Å². The summed E-state index contributed by atoms with van der Waals surface area (Å²) in [4.78, 5) is 0. The Labute approximate surface area is 133 Å². The summed E-state index contributed by atoms with van der Waals surface area (Å²) in [5.74, 6) is 0. The van der Waals surface area contributed by atoms with Gasteiger partial charge in [0.1, 0.15) is 0 Å². The fourth-order valence-electron chi connectivity index (χ4n) is 3.77. The van der Waals surface area contributed by atoms with Crippen molar-refractivity contribution in [3.63, 3.8) is 0 Å². The predicted molar refractivity (Wildman–Crippen MR) is 93.2 cm³/mol. The molecule has 0 amide bonds. The summed E-state index contributed by atoms with van der Waals surface area (Å²) in [6.07, 6.45) is 1.72. The highest BCUT2D eigenvalue weighted by molar-refractivity contribution is 7.03. The maximum Gasteiger partial charge on any atom is 0.265 e. The highest BCUT2D eigenvalue weighted by Gasteiger charge is 2.62. The van der Waals surface area contributed by atoms with Crippen molar-refractivity contribution in [1.82, 2.24) is 0 Å². The lowest BCUT2D eigenvalue weighted by molar-refractivity contribution is 0.243. The maximum atomic E-state index is 9.00. The molecule has 0 radical (unpaired) electrons. The van der Waals surface area contributed by atoms with Crippen LogP contribution in [0, 0.1) is 0 Å². The molecular weight excluding hydrogens is 288 g/mol. The van der Waals surface area contributed by atoms with Gasteiger partial charge in [-0.1, -0.05) is 68.4 Å². The van der Waals surface area contributed by atoms with Gasteiger partial charge in [0.25, 0.3) is 8.32 Å². The minimum absolute atomic E-state index is 0.0736.